The van der Waals surface area contributed by atoms with Crippen LogP contribution in [0.2, 0.25) is 0 Å². The van der Waals surface area contributed by atoms with Gasteiger partial charge in [-0.15, -0.1) is 0 Å². The summed E-state index contributed by atoms with van der Waals surface area (Å²) in [6.45, 7) is 8.92. The van der Waals surface area contributed by atoms with Crippen LogP contribution in [0, 0.1) is 6.92 Å². The molecule has 2 aliphatic rings. The van der Waals surface area contributed by atoms with Crippen LogP contribution in [0.25, 0.3) is 0 Å². The first-order valence-electron chi connectivity index (χ1n) is 9.15. The van der Waals surface area contributed by atoms with Crippen molar-refractivity contribution in [2.75, 3.05) is 0 Å². The van der Waals surface area contributed by atoms with Crippen LogP contribution in [-0.2, 0) is 5.41 Å². The van der Waals surface area contributed by atoms with Gasteiger partial charge in [0.25, 0.3) is 6.71 Å². The van der Waals surface area contributed by atoms with Crippen LogP contribution >= 0.6 is 0 Å². The number of hydrogen-bond donors (Lipinski definition) is 0. The van der Waals surface area contributed by atoms with Crippen LogP contribution in [0.4, 0.5) is 0 Å². The Hall–Kier alpha value is -2.68. The van der Waals surface area contributed by atoms with Gasteiger partial charge in [0.1, 0.15) is 23.0 Å². The second-order valence-corrected chi connectivity index (χ2v) is 8.35. The van der Waals surface area contributed by atoms with E-state index >= 15 is 0 Å². The number of benzene rings is 3. The van der Waals surface area contributed by atoms with Crippen LogP contribution in [0.3, 0.4) is 0 Å². The predicted octanol–water partition coefficient (Wildman–Crippen LogP) is 4.02. The van der Waals surface area contributed by atoms with Crippen molar-refractivity contribution in [3.8, 4) is 23.0 Å². The number of para-hydroxylation sites is 1. The summed E-state index contributed by atoms with van der Waals surface area (Å²) in [6.07, 6.45) is 0. The minimum absolute atomic E-state index is 0.0254. The maximum atomic E-state index is 6.38. The molecule has 26 heavy (non-hydrogen) atoms. The predicted molar refractivity (Wildman–Crippen MR) is 108 cm³/mol. The maximum absolute atomic E-state index is 6.38. The van der Waals surface area contributed by atoms with Gasteiger partial charge in [-0.2, -0.15) is 0 Å². The molecule has 0 saturated carbocycles. The molecule has 2 nitrogen and oxygen atoms in total. The quantitative estimate of drug-likeness (QED) is 0.397. The summed E-state index contributed by atoms with van der Waals surface area (Å²) in [7, 11) is 0. The van der Waals surface area contributed by atoms with Gasteiger partial charge in [0.05, 0.1) is 0 Å². The first-order valence-corrected chi connectivity index (χ1v) is 9.15. The number of fused-ring (bicyclic) bond motifs is 4. The number of ether oxygens (including phenoxy) is 2. The molecular formula is C23H21BO2. The monoisotopic (exact) mass is 340 g/mol. The zero-order valence-corrected chi connectivity index (χ0v) is 15.6. The van der Waals surface area contributed by atoms with Crippen molar-refractivity contribution >= 4 is 23.1 Å². The third-order valence-electron chi connectivity index (χ3n) is 5.41. The second kappa shape index (κ2) is 5.17. The van der Waals surface area contributed by atoms with Crippen LogP contribution in [0.5, 0.6) is 23.0 Å². The Kier molecular flexibility index (Phi) is 3.09. The molecule has 0 aliphatic carbocycles. The highest BCUT2D eigenvalue weighted by Crippen LogP contribution is 2.38. The molecule has 0 atom stereocenters. The third kappa shape index (κ3) is 2.20. The van der Waals surface area contributed by atoms with E-state index in [9.17, 15) is 0 Å². The van der Waals surface area contributed by atoms with Gasteiger partial charge in [0.15, 0.2) is 0 Å². The summed E-state index contributed by atoms with van der Waals surface area (Å²) >= 11 is 0. The fraction of sp³-hybridized carbons (Fsp3) is 0.217. The summed E-state index contributed by atoms with van der Waals surface area (Å²) in [4.78, 5) is 0. The van der Waals surface area contributed by atoms with Crippen molar-refractivity contribution < 1.29 is 9.47 Å². The van der Waals surface area contributed by atoms with Crippen LogP contribution in [0.15, 0.2) is 54.6 Å². The van der Waals surface area contributed by atoms with Crippen molar-refractivity contribution in [1.29, 1.82) is 0 Å². The third-order valence-corrected chi connectivity index (χ3v) is 5.41. The molecular weight excluding hydrogens is 319 g/mol. The Balaban J connectivity index is 1.82. The molecule has 0 fully saturated rings. The van der Waals surface area contributed by atoms with E-state index in [1.54, 1.807) is 0 Å². The standard InChI is InChI=1S/C23H21BO2/c1-14-9-10-17-19(11-14)26-21-13-15(23(2,3)4)12-20-22(21)24(17)16-7-5-6-8-18(16)25-20/h5-13H,1-4H3. The zero-order valence-electron chi connectivity index (χ0n) is 15.6. The molecule has 2 heterocycles. The topological polar surface area (TPSA) is 18.5 Å². The summed E-state index contributed by atoms with van der Waals surface area (Å²) in [5, 5.41) is 0. The largest absolute Gasteiger partial charge is 0.458 e. The van der Waals surface area contributed by atoms with E-state index in [4.69, 9.17) is 9.47 Å². The molecule has 0 amide bonds. The maximum Gasteiger partial charge on any atom is 0.260 e. The highest BCUT2D eigenvalue weighted by atomic mass is 16.5. The second-order valence-electron chi connectivity index (χ2n) is 8.35. The van der Waals surface area contributed by atoms with Gasteiger partial charge < -0.3 is 9.47 Å². The highest BCUT2D eigenvalue weighted by Gasteiger charge is 2.40. The van der Waals surface area contributed by atoms with Gasteiger partial charge in [-0.3, -0.25) is 0 Å². The molecule has 0 unspecified atom stereocenters. The molecule has 0 N–H and O–H groups in total. The average molecular weight is 340 g/mol. The fourth-order valence-corrected chi connectivity index (χ4v) is 3.98. The molecule has 0 radical (unpaired) electrons. The first-order chi connectivity index (χ1) is 12.4. The van der Waals surface area contributed by atoms with E-state index in [1.807, 2.05) is 6.07 Å². The average Bonchev–Trinajstić information content (AvgIpc) is 2.60. The van der Waals surface area contributed by atoms with Crippen molar-refractivity contribution in [3.63, 3.8) is 0 Å². The summed E-state index contributed by atoms with van der Waals surface area (Å²) < 4.78 is 12.7. The molecule has 128 valence electrons. The molecule has 3 heteroatoms. The van der Waals surface area contributed by atoms with Crippen LogP contribution in [0.1, 0.15) is 31.9 Å². The number of hydrogen-bond acceptors (Lipinski definition) is 2. The SMILES string of the molecule is Cc1ccc2c(c1)Oc1cc(C(C)(C)C)cc3c1B2c1ccccc1O3. The highest BCUT2D eigenvalue weighted by molar-refractivity contribution is 6.98. The Morgan fingerprint density at radius 2 is 1.38 bits per heavy atom. The van der Waals surface area contributed by atoms with E-state index in [0.29, 0.717) is 0 Å². The normalized spacial score (nSPS) is 13.9. The Labute approximate surface area is 154 Å². The zero-order chi connectivity index (χ0) is 18.1. The van der Waals surface area contributed by atoms with Gasteiger partial charge >= 0.3 is 0 Å². The summed E-state index contributed by atoms with van der Waals surface area (Å²) in [5.74, 6) is 3.74. The molecule has 3 aromatic carbocycles. The lowest BCUT2D eigenvalue weighted by Crippen LogP contribution is -2.57. The Morgan fingerprint density at radius 3 is 2.12 bits per heavy atom. The first kappa shape index (κ1) is 15.6. The number of aryl methyl sites for hydroxylation is 1. The van der Waals surface area contributed by atoms with Gasteiger partial charge in [-0.25, -0.2) is 0 Å². The van der Waals surface area contributed by atoms with Crippen LogP contribution in [-0.4, -0.2) is 6.71 Å². The van der Waals surface area contributed by atoms with Crippen molar-refractivity contribution in [1.82, 2.24) is 0 Å². The molecule has 3 aromatic rings. The minimum atomic E-state index is 0.0254. The summed E-state index contributed by atoms with van der Waals surface area (Å²) in [6, 6.07) is 19.2. The van der Waals surface area contributed by atoms with Gasteiger partial charge in [-0.1, -0.05) is 51.1 Å². The Bertz CT molecular complexity index is 1050. The van der Waals surface area contributed by atoms with Crippen molar-refractivity contribution in [3.05, 3.63) is 65.7 Å². The van der Waals surface area contributed by atoms with E-state index in [2.05, 4.69) is 76.2 Å². The van der Waals surface area contributed by atoms with Gasteiger partial charge in [-0.05, 0) is 58.7 Å². The lowest BCUT2D eigenvalue weighted by molar-refractivity contribution is 0.458. The van der Waals surface area contributed by atoms with Crippen LogP contribution < -0.4 is 25.9 Å². The minimum Gasteiger partial charge on any atom is -0.458 e. The van der Waals surface area contributed by atoms with Crippen molar-refractivity contribution in [2.24, 2.45) is 0 Å². The molecule has 0 saturated heterocycles. The molecule has 2 aliphatic heterocycles. The molecule has 0 spiro atoms. The molecule has 0 bridgehead atoms. The van der Waals surface area contributed by atoms with Gasteiger partial charge in [0.2, 0.25) is 0 Å². The Morgan fingerprint density at radius 1 is 0.731 bits per heavy atom. The fourth-order valence-electron chi connectivity index (χ4n) is 3.98. The number of rotatable bonds is 0. The van der Waals surface area contributed by atoms with Gasteiger partial charge in [0, 0.05) is 5.46 Å². The summed E-state index contributed by atoms with van der Waals surface area (Å²) in [5.41, 5.74) is 6.02. The smallest absolute Gasteiger partial charge is 0.260 e. The molecule has 5 rings (SSSR count). The van der Waals surface area contributed by atoms with E-state index < -0.39 is 0 Å². The van der Waals surface area contributed by atoms with E-state index in [0.717, 1.165) is 28.5 Å². The van der Waals surface area contributed by atoms with Crippen molar-refractivity contribution in [2.45, 2.75) is 33.1 Å². The van der Waals surface area contributed by atoms with E-state index in [1.165, 1.54) is 22.1 Å². The lowest BCUT2D eigenvalue weighted by atomic mass is 9.34. The van der Waals surface area contributed by atoms with E-state index in [-0.39, 0.29) is 12.1 Å². The lowest BCUT2D eigenvalue weighted by Gasteiger charge is -2.34. The molecule has 0 aromatic heterocycles.